The number of para-hydroxylation sites is 2. The highest BCUT2D eigenvalue weighted by Crippen LogP contribution is 2.43. The van der Waals surface area contributed by atoms with E-state index in [1.807, 2.05) is 48.5 Å². The third-order valence-electron chi connectivity index (χ3n) is 6.60. The Morgan fingerprint density at radius 2 is 1.78 bits per heavy atom. The lowest BCUT2D eigenvalue weighted by Crippen LogP contribution is -2.26. The number of pyridine rings is 1. The molecular weight excluding hydrogens is 490 g/mol. The quantitative estimate of drug-likeness (QED) is 0.344. The Morgan fingerprint density at radius 3 is 2.49 bits per heavy atom. The van der Waals surface area contributed by atoms with Crippen LogP contribution >= 0.6 is 11.6 Å². The van der Waals surface area contributed by atoms with E-state index in [1.54, 1.807) is 39.3 Å². The Hall–Kier alpha value is -4.10. The van der Waals surface area contributed by atoms with Crippen LogP contribution in [0, 0.1) is 0 Å². The first-order valence-corrected chi connectivity index (χ1v) is 12.4. The van der Waals surface area contributed by atoms with Crippen LogP contribution < -0.4 is 15.0 Å². The van der Waals surface area contributed by atoms with Crippen LogP contribution in [0.15, 0.2) is 76.6 Å². The molecule has 0 fully saturated rings. The van der Waals surface area contributed by atoms with Gasteiger partial charge in [0.25, 0.3) is 5.56 Å². The molecule has 37 heavy (non-hydrogen) atoms. The SMILES string of the molecule is CCC(=O)N1N=C(c2c(-c3ccc(Cl)cc3)c3ccccc3[nH]c2=O)CC1c1cccc(OC)c1OC. The summed E-state index contributed by atoms with van der Waals surface area (Å²) in [6.45, 7) is 1.79. The average molecular weight is 516 g/mol. The number of nitrogens with zero attached hydrogens (tertiary/aromatic N) is 2. The molecule has 2 heterocycles. The summed E-state index contributed by atoms with van der Waals surface area (Å²) in [4.78, 5) is 29.6. The highest BCUT2D eigenvalue weighted by molar-refractivity contribution is 6.30. The number of carbonyl (C=O) groups is 1. The first kappa shape index (κ1) is 24.6. The highest BCUT2D eigenvalue weighted by atomic mass is 35.5. The van der Waals surface area contributed by atoms with Crippen LogP contribution in [-0.2, 0) is 4.79 Å². The van der Waals surface area contributed by atoms with Crippen molar-refractivity contribution in [3.05, 3.63) is 93.2 Å². The van der Waals surface area contributed by atoms with Gasteiger partial charge in [-0.3, -0.25) is 9.59 Å². The number of carbonyl (C=O) groups excluding carboxylic acids is 1. The van der Waals surface area contributed by atoms with Gasteiger partial charge in [-0.1, -0.05) is 61.0 Å². The summed E-state index contributed by atoms with van der Waals surface area (Å²) in [5, 5.41) is 7.68. The fourth-order valence-corrected chi connectivity index (χ4v) is 5.03. The second-order valence-corrected chi connectivity index (χ2v) is 9.13. The van der Waals surface area contributed by atoms with Crippen molar-refractivity contribution < 1.29 is 14.3 Å². The molecule has 1 aliphatic heterocycles. The van der Waals surface area contributed by atoms with Crippen molar-refractivity contribution in [2.45, 2.75) is 25.8 Å². The topological polar surface area (TPSA) is 84.0 Å². The largest absolute Gasteiger partial charge is 0.493 e. The van der Waals surface area contributed by atoms with Crippen molar-refractivity contribution in [3.8, 4) is 22.6 Å². The van der Waals surface area contributed by atoms with Gasteiger partial charge in [-0.2, -0.15) is 5.10 Å². The molecule has 3 aromatic carbocycles. The van der Waals surface area contributed by atoms with Gasteiger partial charge >= 0.3 is 0 Å². The molecular formula is C29H26ClN3O4. The van der Waals surface area contributed by atoms with Crippen molar-refractivity contribution in [2.24, 2.45) is 5.10 Å². The summed E-state index contributed by atoms with van der Waals surface area (Å²) < 4.78 is 11.2. The zero-order chi connectivity index (χ0) is 26.1. The molecule has 1 amide bonds. The summed E-state index contributed by atoms with van der Waals surface area (Å²) in [5.74, 6) is 0.934. The molecule has 4 aromatic rings. The lowest BCUT2D eigenvalue weighted by Gasteiger charge is -2.24. The predicted octanol–water partition coefficient (Wildman–Crippen LogP) is 5.95. The second-order valence-electron chi connectivity index (χ2n) is 8.70. The maximum absolute atomic E-state index is 13.6. The summed E-state index contributed by atoms with van der Waals surface area (Å²) in [5.41, 5.74) is 3.73. The fourth-order valence-electron chi connectivity index (χ4n) is 4.90. The number of hydrazone groups is 1. The molecule has 1 unspecified atom stereocenters. The Labute approximate surface area is 219 Å². The number of halogens is 1. The van der Waals surface area contributed by atoms with Gasteiger partial charge in [-0.05, 0) is 29.8 Å². The van der Waals surface area contributed by atoms with Crippen LogP contribution in [0.4, 0.5) is 0 Å². The number of fused-ring (bicyclic) bond motifs is 1. The first-order valence-electron chi connectivity index (χ1n) is 12.0. The minimum absolute atomic E-state index is 0.157. The Kier molecular flexibility index (Phi) is 6.72. The average Bonchev–Trinajstić information content (AvgIpc) is 3.36. The van der Waals surface area contributed by atoms with Gasteiger partial charge in [0.05, 0.1) is 31.5 Å². The van der Waals surface area contributed by atoms with Crippen LogP contribution in [0.5, 0.6) is 11.5 Å². The van der Waals surface area contributed by atoms with Crippen molar-refractivity contribution in [1.82, 2.24) is 9.99 Å². The number of rotatable bonds is 6. The maximum atomic E-state index is 13.6. The highest BCUT2D eigenvalue weighted by Gasteiger charge is 2.36. The fraction of sp³-hybridized carbons (Fsp3) is 0.207. The van der Waals surface area contributed by atoms with E-state index in [4.69, 9.17) is 26.2 Å². The summed E-state index contributed by atoms with van der Waals surface area (Å²) >= 11 is 6.17. The number of amides is 1. The normalized spacial score (nSPS) is 15.1. The first-order chi connectivity index (χ1) is 18.0. The molecule has 0 saturated carbocycles. The molecule has 1 atom stereocenters. The maximum Gasteiger partial charge on any atom is 0.258 e. The van der Waals surface area contributed by atoms with Gasteiger partial charge in [0.15, 0.2) is 11.5 Å². The minimum Gasteiger partial charge on any atom is -0.493 e. The molecule has 0 radical (unpaired) electrons. The van der Waals surface area contributed by atoms with Crippen molar-refractivity contribution in [1.29, 1.82) is 0 Å². The van der Waals surface area contributed by atoms with E-state index in [2.05, 4.69) is 4.98 Å². The van der Waals surface area contributed by atoms with E-state index in [0.29, 0.717) is 39.7 Å². The predicted molar refractivity (Wildman–Crippen MR) is 146 cm³/mol. The zero-order valence-corrected chi connectivity index (χ0v) is 21.5. The lowest BCUT2D eigenvalue weighted by atomic mass is 9.90. The standard InChI is InChI=1S/C29H26ClN3O4/c1-4-25(34)33-23(20-9-7-11-24(36-2)28(20)37-3)16-22(32-33)27-26(17-12-14-18(30)15-13-17)19-8-5-6-10-21(19)31-29(27)35/h5-15,23H,4,16H2,1-3H3,(H,31,35). The number of methoxy groups -OCH3 is 2. The molecule has 188 valence electrons. The monoisotopic (exact) mass is 515 g/mol. The zero-order valence-electron chi connectivity index (χ0n) is 20.7. The van der Waals surface area contributed by atoms with Gasteiger partial charge in [-0.15, -0.1) is 0 Å². The number of ether oxygens (including phenoxy) is 2. The molecule has 0 saturated heterocycles. The third kappa shape index (κ3) is 4.36. The van der Waals surface area contributed by atoms with Gasteiger partial charge in [0, 0.05) is 39.9 Å². The second kappa shape index (κ2) is 10.1. The number of hydrogen-bond acceptors (Lipinski definition) is 5. The van der Waals surface area contributed by atoms with Gasteiger partial charge in [0.2, 0.25) is 5.91 Å². The smallest absolute Gasteiger partial charge is 0.258 e. The molecule has 1 aliphatic rings. The summed E-state index contributed by atoms with van der Waals surface area (Å²) in [6, 6.07) is 20.1. The molecule has 8 heteroatoms. The molecule has 0 spiro atoms. The minimum atomic E-state index is -0.462. The van der Waals surface area contributed by atoms with Gasteiger partial charge < -0.3 is 14.5 Å². The van der Waals surface area contributed by atoms with Crippen LogP contribution in [0.2, 0.25) is 5.02 Å². The van der Waals surface area contributed by atoms with E-state index in [0.717, 1.165) is 22.1 Å². The molecule has 1 N–H and O–H groups in total. The van der Waals surface area contributed by atoms with E-state index < -0.39 is 6.04 Å². The summed E-state index contributed by atoms with van der Waals surface area (Å²) in [6.07, 6.45) is 0.592. The number of aromatic amines is 1. The van der Waals surface area contributed by atoms with E-state index >= 15 is 0 Å². The summed E-state index contributed by atoms with van der Waals surface area (Å²) in [7, 11) is 3.14. The van der Waals surface area contributed by atoms with Gasteiger partial charge in [0.1, 0.15) is 0 Å². The lowest BCUT2D eigenvalue weighted by molar-refractivity contribution is -0.132. The molecule has 7 nitrogen and oxygen atoms in total. The number of H-pyrrole nitrogens is 1. The molecule has 5 rings (SSSR count). The Balaban J connectivity index is 1.73. The van der Waals surface area contributed by atoms with Crippen LogP contribution in [0.3, 0.4) is 0 Å². The third-order valence-corrected chi connectivity index (χ3v) is 6.86. The Bertz CT molecular complexity index is 1580. The number of hydrogen-bond donors (Lipinski definition) is 1. The van der Waals surface area contributed by atoms with E-state index in [1.165, 1.54) is 5.01 Å². The van der Waals surface area contributed by atoms with E-state index in [9.17, 15) is 9.59 Å². The van der Waals surface area contributed by atoms with Crippen molar-refractivity contribution in [2.75, 3.05) is 14.2 Å². The number of nitrogens with one attached hydrogen (secondary N) is 1. The van der Waals surface area contributed by atoms with Crippen molar-refractivity contribution >= 4 is 34.1 Å². The van der Waals surface area contributed by atoms with E-state index in [-0.39, 0.29) is 17.9 Å². The van der Waals surface area contributed by atoms with Crippen LogP contribution in [0.1, 0.15) is 36.9 Å². The van der Waals surface area contributed by atoms with Crippen LogP contribution in [0.25, 0.3) is 22.0 Å². The number of benzene rings is 3. The number of aromatic nitrogens is 1. The molecule has 0 bridgehead atoms. The van der Waals surface area contributed by atoms with Gasteiger partial charge in [-0.25, -0.2) is 5.01 Å². The molecule has 0 aliphatic carbocycles. The van der Waals surface area contributed by atoms with Crippen molar-refractivity contribution in [3.63, 3.8) is 0 Å². The molecule has 1 aromatic heterocycles. The Morgan fingerprint density at radius 1 is 1.03 bits per heavy atom. The van der Waals surface area contributed by atoms with Crippen LogP contribution in [-0.4, -0.2) is 35.8 Å².